The van der Waals surface area contributed by atoms with E-state index in [9.17, 15) is 13.2 Å². The number of rotatable bonds is 5. The molecule has 1 fully saturated rings. The van der Waals surface area contributed by atoms with Crippen LogP contribution in [-0.2, 0) is 0 Å². The van der Waals surface area contributed by atoms with Crippen LogP contribution < -0.4 is 4.74 Å². The first-order valence-electron chi connectivity index (χ1n) is 10.0. The minimum Gasteiger partial charge on any atom is -0.406 e. The minimum absolute atomic E-state index is 0.139. The molecule has 1 aromatic rings. The molecule has 0 aliphatic heterocycles. The second-order valence-electron chi connectivity index (χ2n) is 7.83. The molecular weight excluding hydrogens is 337 g/mol. The Labute approximate surface area is 154 Å². The molecule has 26 heavy (non-hydrogen) atoms. The summed E-state index contributed by atoms with van der Waals surface area (Å²) in [6.07, 6.45) is 8.86. The van der Waals surface area contributed by atoms with Gasteiger partial charge in [0.15, 0.2) is 0 Å². The number of alkyl halides is 3. The normalized spacial score (nSPS) is 20.9. The predicted molar refractivity (Wildman–Crippen MR) is 98.9 cm³/mol. The molecule has 0 bridgehead atoms. The van der Waals surface area contributed by atoms with Crippen molar-refractivity contribution in [3.05, 3.63) is 35.4 Å². The standard InChI is InChI=1S/C22H29F3O/c1-2-14-21(15-6-3-7-16-21)20-9-5-4-8-19(20)17-10-12-18(13-11-17)26-22(23,24)25/h10-13H,2-9,14-16H2,1H3. The van der Waals surface area contributed by atoms with Gasteiger partial charge in [0.1, 0.15) is 5.75 Å². The van der Waals surface area contributed by atoms with Crippen LogP contribution in [0.1, 0.15) is 83.1 Å². The first-order chi connectivity index (χ1) is 12.4. The molecule has 2 aliphatic rings. The Morgan fingerprint density at radius 3 is 2.19 bits per heavy atom. The molecule has 0 saturated heterocycles. The van der Waals surface area contributed by atoms with Gasteiger partial charge in [0.2, 0.25) is 0 Å². The van der Waals surface area contributed by atoms with Crippen LogP contribution in [0.5, 0.6) is 5.75 Å². The monoisotopic (exact) mass is 366 g/mol. The van der Waals surface area contributed by atoms with Crippen molar-refractivity contribution in [2.45, 2.75) is 83.9 Å². The highest BCUT2D eigenvalue weighted by Gasteiger charge is 2.37. The van der Waals surface area contributed by atoms with Crippen molar-refractivity contribution in [3.63, 3.8) is 0 Å². The maximum atomic E-state index is 12.4. The van der Waals surface area contributed by atoms with Gasteiger partial charge in [0.25, 0.3) is 0 Å². The fourth-order valence-corrected chi connectivity index (χ4v) is 5.08. The van der Waals surface area contributed by atoms with E-state index in [4.69, 9.17) is 0 Å². The number of hydrogen-bond acceptors (Lipinski definition) is 1. The van der Waals surface area contributed by atoms with Gasteiger partial charge in [-0.2, -0.15) is 0 Å². The van der Waals surface area contributed by atoms with E-state index in [0.717, 1.165) is 18.4 Å². The Kier molecular flexibility index (Phi) is 5.99. The molecule has 1 saturated carbocycles. The summed E-state index contributed by atoms with van der Waals surface area (Å²) >= 11 is 0. The molecule has 0 heterocycles. The first-order valence-corrected chi connectivity index (χ1v) is 10.0. The first kappa shape index (κ1) is 19.3. The van der Waals surface area contributed by atoms with Gasteiger partial charge in [-0.15, -0.1) is 13.2 Å². The van der Waals surface area contributed by atoms with Gasteiger partial charge in [-0.05, 0) is 73.6 Å². The van der Waals surface area contributed by atoms with Crippen molar-refractivity contribution in [2.75, 3.05) is 0 Å². The van der Waals surface area contributed by atoms with Gasteiger partial charge in [0, 0.05) is 0 Å². The zero-order valence-corrected chi connectivity index (χ0v) is 15.6. The number of hydrogen-bond donors (Lipinski definition) is 0. The Hall–Kier alpha value is -1.45. The molecule has 144 valence electrons. The third-order valence-corrected chi connectivity index (χ3v) is 6.08. The lowest BCUT2D eigenvalue weighted by Crippen LogP contribution is -2.28. The Morgan fingerprint density at radius 2 is 1.58 bits per heavy atom. The summed E-state index contributed by atoms with van der Waals surface area (Å²) in [6, 6.07) is 6.53. The van der Waals surface area contributed by atoms with Crippen LogP contribution in [0.4, 0.5) is 13.2 Å². The molecule has 3 rings (SSSR count). The predicted octanol–water partition coefficient (Wildman–Crippen LogP) is 7.66. The molecule has 1 aromatic carbocycles. The van der Waals surface area contributed by atoms with Crippen molar-refractivity contribution in [2.24, 2.45) is 5.41 Å². The summed E-state index contributed by atoms with van der Waals surface area (Å²) < 4.78 is 41.2. The topological polar surface area (TPSA) is 9.23 Å². The molecule has 1 nitrogen and oxygen atoms in total. The molecule has 0 amide bonds. The second-order valence-corrected chi connectivity index (χ2v) is 7.83. The molecule has 0 spiro atoms. The number of ether oxygens (including phenoxy) is 1. The van der Waals surface area contributed by atoms with Crippen LogP contribution in [0.25, 0.3) is 5.57 Å². The van der Waals surface area contributed by atoms with E-state index >= 15 is 0 Å². The summed E-state index contributed by atoms with van der Waals surface area (Å²) in [5, 5.41) is 0. The van der Waals surface area contributed by atoms with Gasteiger partial charge in [-0.3, -0.25) is 0 Å². The van der Waals surface area contributed by atoms with Gasteiger partial charge in [0.05, 0.1) is 0 Å². The van der Waals surface area contributed by atoms with Crippen LogP contribution in [0, 0.1) is 5.41 Å². The minimum atomic E-state index is -4.63. The molecular formula is C22H29F3O. The maximum absolute atomic E-state index is 12.4. The summed E-state index contributed by atoms with van der Waals surface area (Å²) in [4.78, 5) is 0. The maximum Gasteiger partial charge on any atom is 0.573 e. The van der Waals surface area contributed by atoms with Gasteiger partial charge >= 0.3 is 6.36 Å². The lowest BCUT2D eigenvalue weighted by Gasteiger charge is -2.43. The average molecular weight is 366 g/mol. The van der Waals surface area contributed by atoms with E-state index < -0.39 is 6.36 Å². The van der Waals surface area contributed by atoms with E-state index in [-0.39, 0.29) is 5.75 Å². The molecule has 4 heteroatoms. The highest BCUT2D eigenvalue weighted by Crippen LogP contribution is 2.52. The summed E-state index contributed by atoms with van der Waals surface area (Å²) in [5.74, 6) is -0.139. The van der Waals surface area contributed by atoms with Crippen LogP contribution in [0.2, 0.25) is 0 Å². The van der Waals surface area contributed by atoms with Crippen molar-refractivity contribution in [3.8, 4) is 5.75 Å². The molecule has 0 radical (unpaired) electrons. The summed E-state index contributed by atoms with van der Waals surface area (Å²) in [6.45, 7) is 2.27. The zero-order chi connectivity index (χ0) is 18.6. The number of halogens is 3. The van der Waals surface area contributed by atoms with Crippen LogP contribution in [0.3, 0.4) is 0 Å². The van der Waals surface area contributed by atoms with E-state index in [0.29, 0.717) is 5.41 Å². The Bertz CT molecular complexity index is 616. The van der Waals surface area contributed by atoms with E-state index in [2.05, 4.69) is 11.7 Å². The number of benzene rings is 1. The van der Waals surface area contributed by atoms with Crippen LogP contribution in [-0.4, -0.2) is 6.36 Å². The summed E-state index contributed by atoms with van der Waals surface area (Å²) in [7, 11) is 0. The fourth-order valence-electron chi connectivity index (χ4n) is 5.08. The fraction of sp³-hybridized carbons (Fsp3) is 0.636. The number of allylic oxidation sites excluding steroid dienone is 2. The van der Waals surface area contributed by atoms with Gasteiger partial charge < -0.3 is 4.74 Å². The average Bonchev–Trinajstić information content (AvgIpc) is 2.62. The van der Waals surface area contributed by atoms with Gasteiger partial charge in [-0.1, -0.05) is 50.3 Å². The zero-order valence-electron chi connectivity index (χ0n) is 15.6. The third-order valence-electron chi connectivity index (χ3n) is 6.08. The van der Waals surface area contributed by atoms with Crippen molar-refractivity contribution in [1.29, 1.82) is 0 Å². The van der Waals surface area contributed by atoms with Gasteiger partial charge in [-0.25, -0.2) is 0 Å². The SMILES string of the molecule is CCCC1(C2=C(c3ccc(OC(F)(F)F)cc3)CCCC2)CCCCC1. The van der Waals surface area contributed by atoms with Crippen molar-refractivity contribution in [1.82, 2.24) is 0 Å². The molecule has 0 atom stereocenters. The van der Waals surface area contributed by atoms with Crippen molar-refractivity contribution < 1.29 is 17.9 Å². The largest absolute Gasteiger partial charge is 0.573 e. The lowest BCUT2D eigenvalue weighted by atomic mass is 9.62. The summed E-state index contributed by atoms with van der Waals surface area (Å²) in [5.41, 5.74) is 4.40. The van der Waals surface area contributed by atoms with Crippen LogP contribution in [0.15, 0.2) is 29.8 Å². The molecule has 0 N–H and O–H groups in total. The lowest BCUT2D eigenvalue weighted by molar-refractivity contribution is -0.274. The third kappa shape index (κ3) is 4.44. The van der Waals surface area contributed by atoms with E-state index in [1.165, 1.54) is 75.5 Å². The van der Waals surface area contributed by atoms with Crippen molar-refractivity contribution >= 4 is 5.57 Å². The highest BCUT2D eigenvalue weighted by atomic mass is 19.4. The highest BCUT2D eigenvalue weighted by molar-refractivity contribution is 5.71. The quantitative estimate of drug-likeness (QED) is 0.519. The Balaban J connectivity index is 1.93. The molecule has 0 aromatic heterocycles. The van der Waals surface area contributed by atoms with E-state index in [1.807, 2.05) is 12.1 Å². The molecule has 0 unspecified atom stereocenters. The van der Waals surface area contributed by atoms with E-state index in [1.54, 1.807) is 5.57 Å². The second kappa shape index (κ2) is 8.06. The smallest absolute Gasteiger partial charge is 0.406 e. The Morgan fingerprint density at radius 1 is 0.923 bits per heavy atom. The van der Waals surface area contributed by atoms with Crippen LogP contribution >= 0.6 is 0 Å². The molecule has 2 aliphatic carbocycles.